The largest absolute Gasteiger partial charge is 0.469 e. The number of primary amides is 1. The number of urea groups is 1. The van der Waals surface area contributed by atoms with Crippen LogP contribution in [0.2, 0.25) is 0 Å². The van der Waals surface area contributed by atoms with Crippen LogP contribution >= 0.6 is 0 Å². The third kappa shape index (κ3) is 16.8. The summed E-state index contributed by atoms with van der Waals surface area (Å²) in [5.74, 6) is -3.70. The number of hydrogen-bond donors (Lipinski definition) is 8. The van der Waals surface area contributed by atoms with E-state index in [0.29, 0.717) is 11.3 Å². The Labute approximate surface area is 378 Å². The maximum absolute atomic E-state index is 13.7. The highest BCUT2D eigenvalue weighted by Crippen LogP contribution is 2.44. The van der Waals surface area contributed by atoms with E-state index in [1.807, 2.05) is 36.4 Å². The van der Waals surface area contributed by atoms with Crippen molar-refractivity contribution < 1.29 is 57.6 Å². The summed E-state index contributed by atoms with van der Waals surface area (Å²) < 4.78 is 21.3. The number of carbonyl (C=O) groups excluding carboxylic acids is 7. The van der Waals surface area contributed by atoms with Crippen molar-refractivity contribution in [1.29, 1.82) is 0 Å². The lowest BCUT2D eigenvalue weighted by molar-refractivity contribution is -0.141. The molecule has 4 rings (SSSR count). The van der Waals surface area contributed by atoms with E-state index in [-0.39, 0.29) is 90.8 Å². The van der Waals surface area contributed by atoms with Crippen LogP contribution in [0.25, 0.3) is 11.1 Å². The van der Waals surface area contributed by atoms with Crippen LogP contribution in [0.3, 0.4) is 0 Å². The van der Waals surface area contributed by atoms with Gasteiger partial charge in [-0.2, -0.15) is 0 Å². The fourth-order valence-corrected chi connectivity index (χ4v) is 7.02. The van der Waals surface area contributed by atoms with Crippen molar-refractivity contribution in [2.45, 2.75) is 76.6 Å². The first-order valence-electron chi connectivity index (χ1n) is 21.6. The van der Waals surface area contributed by atoms with Gasteiger partial charge in [0.15, 0.2) is 0 Å². The second-order valence-electron chi connectivity index (χ2n) is 15.5. The second kappa shape index (κ2) is 26.9. The van der Waals surface area contributed by atoms with E-state index in [2.05, 4.69) is 44.0 Å². The van der Waals surface area contributed by atoms with E-state index in [0.717, 1.165) is 22.3 Å². The number of nitrogens with one attached hydrogen (secondary N) is 6. The highest BCUT2D eigenvalue weighted by molar-refractivity contribution is 5.99. The first-order chi connectivity index (χ1) is 31.3. The zero-order chi connectivity index (χ0) is 47.1. The van der Waals surface area contributed by atoms with Gasteiger partial charge in [-0.15, -0.1) is 0 Å². The number of benzene rings is 3. The number of alkyl carbamates (subject to hydrolysis) is 1. The van der Waals surface area contributed by atoms with E-state index in [1.54, 1.807) is 38.1 Å². The Hall–Kier alpha value is -6.57. The molecule has 19 nitrogen and oxygen atoms in total. The standard InChI is InChI=1S/C46H61N7O12/c1-29(2)41(44(59)52-37(13-8-21-48-45(47)60)42(57)50-31-16-14-30(27-54)15-17-31)53-43(58)38(18-19-40(56)62-3)51-39(55)20-23-63-25-26-64-24-22-49-46(61)65-28-36-34-11-6-4-9-32(34)33-10-5-7-12-35(33)36/h4-7,9-12,14-17,29,36-38,41,54H,8,13,18-28H2,1-3H3,(H,49,61)(H,50,57)(H,51,55)(H,52,59)(H,53,58)(H3,47,48,60)/t37-,38-,41-/m0/s1. The molecule has 9 N–H and O–H groups in total. The third-order valence-electron chi connectivity index (χ3n) is 10.5. The van der Waals surface area contributed by atoms with Crippen LogP contribution < -0.4 is 37.6 Å². The summed E-state index contributed by atoms with van der Waals surface area (Å²) in [5, 5.41) is 25.1. The predicted molar refractivity (Wildman–Crippen MR) is 239 cm³/mol. The number of rotatable bonds is 27. The molecule has 3 aromatic rings. The number of aliphatic hydroxyl groups is 1. The molecule has 0 fully saturated rings. The summed E-state index contributed by atoms with van der Waals surface area (Å²) in [5.41, 5.74) is 10.7. The zero-order valence-electron chi connectivity index (χ0n) is 37.0. The normalized spacial score (nSPS) is 13.0. The van der Waals surface area contributed by atoms with Gasteiger partial charge in [-0.25, -0.2) is 9.59 Å². The number of esters is 1. The van der Waals surface area contributed by atoms with Crippen LogP contribution in [0, 0.1) is 5.92 Å². The van der Waals surface area contributed by atoms with Gasteiger partial charge >= 0.3 is 18.1 Å². The summed E-state index contributed by atoms with van der Waals surface area (Å²) in [6.45, 7) is 4.24. The van der Waals surface area contributed by atoms with E-state index >= 15 is 0 Å². The summed E-state index contributed by atoms with van der Waals surface area (Å²) in [6, 6.07) is 18.4. The van der Waals surface area contributed by atoms with Crippen LogP contribution in [-0.2, 0) is 49.5 Å². The molecule has 19 heteroatoms. The molecule has 0 aromatic heterocycles. The molecule has 65 heavy (non-hydrogen) atoms. The van der Waals surface area contributed by atoms with Crippen molar-refractivity contribution >= 4 is 47.4 Å². The highest BCUT2D eigenvalue weighted by Gasteiger charge is 2.32. The van der Waals surface area contributed by atoms with Gasteiger partial charge in [0.1, 0.15) is 24.7 Å². The topological polar surface area (TPSA) is 275 Å². The molecule has 0 spiro atoms. The lowest BCUT2D eigenvalue weighted by Gasteiger charge is -2.27. The van der Waals surface area contributed by atoms with E-state index < -0.39 is 65.8 Å². The summed E-state index contributed by atoms with van der Waals surface area (Å²) in [6.07, 6.45) is -0.674. The Balaban J connectivity index is 1.19. The molecular formula is C46H61N7O12. The van der Waals surface area contributed by atoms with Crippen molar-refractivity contribution in [2.24, 2.45) is 11.7 Å². The number of amides is 7. The molecule has 0 radical (unpaired) electrons. The van der Waals surface area contributed by atoms with Crippen LogP contribution in [0.4, 0.5) is 15.3 Å². The molecule has 3 aromatic carbocycles. The van der Waals surface area contributed by atoms with Crippen LogP contribution in [0.5, 0.6) is 0 Å². The number of fused-ring (bicyclic) bond motifs is 3. The lowest BCUT2D eigenvalue weighted by atomic mass is 9.98. The number of anilines is 1. The Bertz CT molecular complexity index is 2020. The Morgan fingerprint density at radius 1 is 0.692 bits per heavy atom. The molecule has 0 aliphatic heterocycles. The van der Waals surface area contributed by atoms with Crippen molar-refractivity contribution in [3.05, 3.63) is 89.5 Å². The average molecular weight is 904 g/mol. The molecule has 352 valence electrons. The van der Waals surface area contributed by atoms with Gasteiger partial charge in [0.05, 0.1) is 40.1 Å². The van der Waals surface area contributed by atoms with Crippen molar-refractivity contribution in [1.82, 2.24) is 26.6 Å². The van der Waals surface area contributed by atoms with E-state index in [1.165, 1.54) is 7.11 Å². The van der Waals surface area contributed by atoms with Gasteiger partial charge in [0.25, 0.3) is 0 Å². The maximum Gasteiger partial charge on any atom is 0.407 e. The minimum atomic E-state index is -1.23. The van der Waals surface area contributed by atoms with Crippen molar-refractivity contribution in [3.63, 3.8) is 0 Å². The predicted octanol–water partition coefficient (Wildman–Crippen LogP) is 2.59. The third-order valence-corrected chi connectivity index (χ3v) is 10.5. The number of nitrogens with two attached hydrogens (primary N) is 1. The monoisotopic (exact) mass is 903 g/mol. The van der Waals surface area contributed by atoms with E-state index in [9.17, 15) is 38.7 Å². The maximum atomic E-state index is 13.7. The molecule has 0 bridgehead atoms. The molecule has 1 aliphatic carbocycles. The van der Waals surface area contributed by atoms with Crippen molar-refractivity contribution in [3.8, 4) is 11.1 Å². The molecule has 1 aliphatic rings. The minimum absolute atomic E-state index is 0.0143. The SMILES string of the molecule is COC(=O)CC[C@H](NC(=O)CCOCCOCCNC(=O)OCC1c2ccccc2-c2ccccc21)C(=O)N[C@H](C(=O)N[C@@H](CCCNC(N)=O)C(=O)Nc1ccc(CO)cc1)C(C)C. The highest BCUT2D eigenvalue weighted by atomic mass is 16.6. The van der Waals surface area contributed by atoms with Crippen molar-refractivity contribution in [2.75, 3.05) is 58.6 Å². The quantitative estimate of drug-likeness (QED) is 0.0405. The first kappa shape index (κ1) is 51.1. The fourth-order valence-electron chi connectivity index (χ4n) is 7.02. The smallest absolute Gasteiger partial charge is 0.407 e. The van der Waals surface area contributed by atoms with Gasteiger partial charge in [0.2, 0.25) is 23.6 Å². The lowest BCUT2D eigenvalue weighted by Crippen LogP contribution is -2.58. The second-order valence-corrected chi connectivity index (χ2v) is 15.5. The molecular weight excluding hydrogens is 843 g/mol. The first-order valence-corrected chi connectivity index (χ1v) is 21.6. The van der Waals surface area contributed by atoms with Gasteiger partial charge in [-0.3, -0.25) is 24.0 Å². The van der Waals surface area contributed by atoms with Gasteiger partial charge in [-0.05, 0) is 65.1 Å². The van der Waals surface area contributed by atoms with Crippen LogP contribution in [0.1, 0.15) is 68.6 Å². The molecule has 0 saturated carbocycles. The minimum Gasteiger partial charge on any atom is -0.469 e. The number of methoxy groups -OCH3 is 1. The molecule has 0 saturated heterocycles. The number of hydrogen-bond acceptors (Lipinski definition) is 12. The van der Waals surface area contributed by atoms with Crippen LogP contribution in [0.15, 0.2) is 72.8 Å². The van der Waals surface area contributed by atoms with E-state index in [4.69, 9.17) is 24.7 Å². The van der Waals surface area contributed by atoms with Crippen LogP contribution in [-0.4, -0.2) is 118 Å². The Morgan fingerprint density at radius 2 is 1.32 bits per heavy atom. The van der Waals surface area contributed by atoms with Gasteiger partial charge in [-0.1, -0.05) is 74.5 Å². The molecule has 7 amide bonds. The van der Waals surface area contributed by atoms with Gasteiger partial charge in [0, 0.05) is 37.5 Å². The number of carbonyl (C=O) groups is 7. The zero-order valence-corrected chi connectivity index (χ0v) is 37.0. The molecule has 3 atom stereocenters. The number of aliphatic hydroxyl groups excluding tert-OH is 1. The molecule has 0 heterocycles. The fraction of sp³-hybridized carbons (Fsp3) is 0.457. The summed E-state index contributed by atoms with van der Waals surface area (Å²) in [7, 11) is 1.19. The Morgan fingerprint density at radius 3 is 1.94 bits per heavy atom. The summed E-state index contributed by atoms with van der Waals surface area (Å²) >= 11 is 0. The van der Waals surface area contributed by atoms with Gasteiger partial charge < -0.3 is 61.7 Å². The Kier molecular flexibility index (Phi) is 21.1. The number of ether oxygens (including phenoxy) is 4. The average Bonchev–Trinajstić information content (AvgIpc) is 3.62. The summed E-state index contributed by atoms with van der Waals surface area (Å²) in [4.78, 5) is 89.3. The molecule has 0 unspecified atom stereocenters.